The molecule has 0 saturated heterocycles. The van der Waals surface area contributed by atoms with Gasteiger partial charge in [-0.2, -0.15) is 5.10 Å². The summed E-state index contributed by atoms with van der Waals surface area (Å²) < 4.78 is 1.94. The molecule has 1 aromatic heterocycles. The van der Waals surface area contributed by atoms with Crippen LogP contribution in [0.25, 0.3) is 0 Å². The highest BCUT2D eigenvalue weighted by Gasteiger charge is 1.90. The summed E-state index contributed by atoms with van der Waals surface area (Å²) in [5.74, 6) is 0. The molecule has 0 radical (unpaired) electrons. The lowest BCUT2D eigenvalue weighted by atomic mass is 10.3. The zero-order valence-electron chi connectivity index (χ0n) is 5.96. The largest absolute Gasteiger partial charge is 0.273 e. The van der Waals surface area contributed by atoms with Crippen molar-refractivity contribution in [3.63, 3.8) is 0 Å². The van der Waals surface area contributed by atoms with Gasteiger partial charge in [0.2, 0.25) is 0 Å². The third-order valence-corrected chi connectivity index (χ3v) is 1.42. The number of hydrogen-bond donors (Lipinski definition) is 0. The summed E-state index contributed by atoms with van der Waals surface area (Å²) in [4.78, 5) is 0. The quantitative estimate of drug-likeness (QED) is 0.583. The maximum Gasteiger partial charge on any atom is 0.0521 e. The van der Waals surface area contributed by atoms with Crippen LogP contribution in [-0.2, 0) is 13.0 Å². The smallest absolute Gasteiger partial charge is 0.0521 e. The highest BCUT2D eigenvalue weighted by atomic mass is 15.3. The molecular weight excluding hydrogens is 112 g/mol. The number of nitrogens with zero attached hydrogens (tertiary/aromatic N) is 2. The zero-order chi connectivity index (χ0) is 6.69. The molecule has 0 aliphatic carbocycles. The number of aromatic nitrogens is 2. The first-order valence-corrected chi connectivity index (χ1v) is 3.38. The summed E-state index contributed by atoms with van der Waals surface area (Å²) in [6, 6.07) is 0. The molecular formula is C7H12N2. The van der Waals surface area contributed by atoms with E-state index in [9.17, 15) is 0 Å². The molecule has 1 aromatic rings. The SMILES string of the molecule is CCc1cnn(CC)c1. The standard InChI is InChI=1S/C7H12N2/c1-3-7-5-8-9(4-2)6-7/h5-6H,3-4H2,1-2H3. The van der Waals surface area contributed by atoms with E-state index in [0.717, 1.165) is 13.0 Å². The molecule has 50 valence electrons. The Labute approximate surface area is 55.5 Å². The fourth-order valence-corrected chi connectivity index (χ4v) is 0.762. The topological polar surface area (TPSA) is 17.8 Å². The van der Waals surface area contributed by atoms with Crippen molar-refractivity contribution in [2.24, 2.45) is 0 Å². The first-order valence-electron chi connectivity index (χ1n) is 3.38. The molecule has 0 unspecified atom stereocenters. The van der Waals surface area contributed by atoms with Gasteiger partial charge in [0.25, 0.3) is 0 Å². The highest BCUT2D eigenvalue weighted by molar-refractivity contribution is 5.02. The molecule has 0 saturated carbocycles. The summed E-state index contributed by atoms with van der Waals surface area (Å²) in [6.45, 7) is 5.20. The maximum absolute atomic E-state index is 4.12. The summed E-state index contributed by atoms with van der Waals surface area (Å²) >= 11 is 0. The van der Waals surface area contributed by atoms with Crippen molar-refractivity contribution < 1.29 is 0 Å². The van der Waals surface area contributed by atoms with Crippen LogP contribution < -0.4 is 0 Å². The van der Waals surface area contributed by atoms with Gasteiger partial charge in [0.15, 0.2) is 0 Å². The van der Waals surface area contributed by atoms with Gasteiger partial charge in [0, 0.05) is 12.7 Å². The van der Waals surface area contributed by atoms with Crippen molar-refractivity contribution in [1.82, 2.24) is 9.78 Å². The average molecular weight is 124 g/mol. The van der Waals surface area contributed by atoms with Gasteiger partial charge in [-0.1, -0.05) is 6.92 Å². The Morgan fingerprint density at radius 3 is 2.67 bits per heavy atom. The van der Waals surface area contributed by atoms with Crippen LogP contribution in [0, 0.1) is 0 Å². The first kappa shape index (κ1) is 6.33. The van der Waals surface area contributed by atoms with Gasteiger partial charge in [-0.25, -0.2) is 0 Å². The minimum absolute atomic E-state index is 0.972. The predicted molar refractivity (Wildman–Crippen MR) is 37.3 cm³/mol. The van der Waals surface area contributed by atoms with Crippen LogP contribution in [0.4, 0.5) is 0 Å². The second-order valence-electron chi connectivity index (χ2n) is 2.06. The van der Waals surface area contributed by atoms with Gasteiger partial charge in [0.05, 0.1) is 6.20 Å². The van der Waals surface area contributed by atoms with Gasteiger partial charge in [-0.15, -0.1) is 0 Å². The number of hydrogen-bond acceptors (Lipinski definition) is 1. The second kappa shape index (κ2) is 2.67. The van der Waals surface area contributed by atoms with E-state index in [1.165, 1.54) is 5.56 Å². The fourth-order valence-electron chi connectivity index (χ4n) is 0.762. The van der Waals surface area contributed by atoms with Crippen LogP contribution in [0.15, 0.2) is 12.4 Å². The molecule has 1 rings (SSSR count). The molecule has 0 bridgehead atoms. The molecule has 0 spiro atoms. The van der Waals surface area contributed by atoms with E-state index >= 15 is 0 Å². The molecule has 9 heavy (non-hydrogen) atoms. The monoisotopic (exact) mass is 124 g/mol. The minimum Gasteiger partial charge on any atom is -0.273 e. The number of rotatable bonds is 2. The van der Waals surface area contributed by atoms with Crippen LogP contribution in [0.3, 0.4) is 0 Å². The molecule has 2 nitrogen and oxygen atoms in total. The van der Waals surface area contributed by atoms with E-state index in [0.29, 0.717) is 0 Å². The first-order chi connectivity index (χ1) is 4.36. The molecule has 1 heterocycles. The van der Waals surface area contributed by atoms with Crippen molar-refractivity contribution in [2.75, 3.05) is 0 Å². The van der Waals surface area contributed by atoms with Crippen molar-refractivity contribution in [2.45, 2.75) is 26.8 Å². The average Bonchev–Trinajstić information content (AvgIpc) is 2.34. The number of aryl methyl sites for hydroxylation is 2. The van der Waals surface area contributed by atoms with Crippen LogP contribution in [-0.4, -0.2) is 9.78 Å². The van der Waals surface area contributed by atoms with Gasteiger partial charge in [-0.3, -0.25) is 4.68 Å². The Morgan fingerprint density at radius 2 is 2.33 bits per heavy atom. The summed E-state index contributed by atoms with van der Waals surface area (Å²) in [7, 11) is 0. The lowest BCUT2D eigenvalue weighted by Gasteiger charge is -1.89. The van der Waals surface area contributed by atoms with Crippen LogP contribution in [0.1, 0.15) is 19.4 Å². The van der Waals surface area contributed by atoms with Gasteiger partial charge < -0.3 is 0 Å². The Bertz CT molecular complexity index is 160. The van der Waals surface area contributed by atoms with Crippen LogP contribution >= 0.6 is 0 Å². The minimum atomic E-state index is 0.972. The van der Waals surface area contributed by atoms with Gasteiger partial charge in [-0.05, 0) is 18.9 Å². The summed E-state index contributed by atoms with van der Waals surface area (Å²) in [5.41, 5.74) is 1.32. The van der Waals surface area contributed by atoms with Crippen LogP contribution in [0.2, 0.25) is 0 Å². The van der Waals surface area contributed by atoms with Crippen molar-refractivity contribution >= 4 is 0 Å². The summed E-state index contributed by atoms with van der Waals surface area (Å²) in [6.07, 6.45) is 5.09. The molecule has 2 heteroatoms. The van der Waals surface area contributed by atoms with E-state index in [2.05, 4.69) is 25.1 Å². The lowest BCUT2D eigenvalue weighted by Crippen LogP contribution is -1.92. The molecule has 0 aliphatic rings. The van der Waals surface area contributed by atoms with Gasteiger partial charge >= 0.3 is 0 Å². The molecule has 0 amide bonds. The van der Waals surface area contributed by atoms with E-state index in [1.54, 1.807) is 0 Å². The van der Waals surface area contributed by atoms with Gasteiger partial charge in [0.1, 0.15) is 0 Å². The van der Waals surface area contributed by atoms with E-state index in [-0.39, 0.29) is 0 Å². The molecule has 0 atom stereocenters. The summed E-state index contributed by atoms with van der Waals surface area (Å²) in [5, 5.41) is 4.12. The third-order valence-electron chi connectivity index (χ3n) is 1.42. The Balaban J connectivity index is 2.74. The predicted octanol–water partition coefficient (Wildman–Crippen LogP) is 1.47. The van der Waals surface area contributed by atoms with Crippen molar-refractivity contribution in [1.29, 1.82) is 0 Å². The molecule has 0 aliphatic heterocycles. The molecule has 0 aromatic carbocycles. The maximum atomic E-state index is 4.12. The van der Waals surface area contributed by atoms with Crippen LogP contribution in [0.5, 0.6) is 0 Å². The Kier molecular flexibility index (Phi) is 1.88. The Morgan fingerprint density at radius 1 is 1.56 bits per heavy atom. The third kappa shape index (κ3) is 1.31. The van der Waals surface area contributed by atoms with E-state index < -0.39 is 0 Å². The second-order valence-corrected chi connectivity index (χ2v) is 2.06. The van der Waals surface area contributed by atoms with E-state index in [1.807, 2.05) is 10.9 Å². The van der Waals surface area contributed by atoms with Crippen molar-refractivity contribution in [3.05, 3.63) is 18.0 Å². The van der Waals surface area contributed by atoms with E-state index in [4.69, 9.17) is 0 Å². The normalized spacial score (nSPS) is 10.0. The fraction of sp³-hybridized carbons (Fsp3) is 0.571. The van der Waals surface area contributed by atoms with Crippen molar-refractivity contribution in [3.8, 4) is 0 Å². The highest BCUT2D eigenvalue weighted by Crippen LogP contribution is 1.96. The lowest BCUT2D eigenvalue weighted by molar-refractivity contribution is 0.659. The zero-order valence-corrected chi connectivity index (χ0v) is 5.96. The molecule has 0 N–H and O–H groups in total. The molecule has 0 fully saturated rings. The Hall–Kier alpha value is -0.790.